The number of piperazine rings is 1. The molecule has 1 aliphatic heterocycles. The molecule has 1 aliphatic rings. The normalized spacial score (nSPS) is 21.8. The topological polar surface area (TPSA) is 67.4 Å². The van der Waals surface area contributed by atoms with Gasteiger partial charge in [-0.05, 0) is 7.05 Å². The zero-order chi connectivity index (χ0) is 12.4. The van der Waals surface area contributed by atoms with E-state index in [9.17, 15) is 4.79 Å². The zero-order valence-corrected chi connectivity index (χ0v) is 10.3. The average Bonchev–Trinajstić information content (AvgIpc) is 2.33. The van der Waals surface area contributed by atoms with E-state index in [0.717, 1.165) is 19.6 Å². The van der Waals surface area contributed by atoms with Gasteiger partial charge in [0, 0.05) is 45.6 Å². The number of anilines is 1. The molecule has 2 rings (SSSR count). The molecule has 1 aromatic rings. The first-order chi connectivity index (χ1) is 8.13. The first-order valence-electron chi connectivity index (χ1n) is 5.80. The van der Waals surface area contributed by atoms with E-state index >= 15 is 0 Å². The molecule has 0 aliphatic carbocycles. The van der Waals surface area contributed by atoms with Crippen molar-refractivity contribution in [3.05, 3.63) is 22.7 Å². The Morgan fingerprint density at radius 2 is 2.24 bits per heavy atom. The highest BCUT2D eigenvalue weighted by molar-refractivity contribution is 5.38. The second kappa shape index (κ2) is 4.85. The van der Waals surface area contributed by atoms with Crippen LogP contribution in [0.25, 0.3) is 0 Å². The van der Waals surface area contributed by atoms with Crippen LogP contribution in [0.5, 0.6) is 0 Å². The fraction of sp³-hybridized carbons (Fsp3) is 0.636. The lowest BCUT2D eigenvalue weighted by Gasteiger charge is -2.39. The van der Waals surface area contributed by atoms with Crippen LogP contribution < -0.4 is 16.2 Å². The average molecular weight is 237 g/mol. The molecule has 0 aromatic carbocycles. The third-order valence-electron chi connectivity index (χ3n) is 3.23. The lowest BCUT2D eigenvalue weighted by Crippen LogP contribution is -2.56. The number of aryl methyl sites for hydroxylation is 1. The predicted octanol–water partition coefficient (Wildman–Crippen LogP) is -1.14. The van der Waals surface area contributed by atoms with E-state index in [1.54, 1.807) is 24.0 Å². The number of aromatic nitrogens is 2. The Hall–Kier alpha value is -1.40. The summed E-state index contributed by atoms with van der Waals surface area (Å²) in [6.07, 6.45) is 3.32. The molecule has 1 aromatic heterocycles. The standard InChI is InChI=1S/C11H19N5O/c1-14-5-6-16(9(7-12)8-14)10-11(17)15(2)4-3-13-10/h3-4,9H,5-8,12H2,1-2H3. The van der Waals surface area contributed by atoms with Crippen molar-refractivity contribution >= 4 is 5.82 Å². The molecule has 2 N–H and O–H groups in total. The molecule has 0 radical (unpaired) electrons. The van der Waals surface area contributed by atoms with Crippen molar-refractivity contribution < 1.29 is 0 Å². The van der Waals surface area contributed by atoms with Crippen LogP contribution >= 0.6 is 0 Å². The molecule has 0 amide bonds. The number of likely N-dealkylation sites (N-methyl/N-ethyl adjacent to an activating group) is 1. The molecule has 1 fully saturated rings. The number of nitrogens with two attached hydrogens (primary N) is 1. The van der Waals surface area contributed by atoms with Gasteiger partial charge in [-0.2, -0.15) is 0 Å². The SMILES string of the molecule is CN1CCN(c2nccn(C)c2=O)C(CN)C1. The van der Waals surface area contributed by atoms with Crippen molar-refractivity contribution in [2.75, 3.05) is 38.1 Å². The Bertz CT molecular complexity index is 444. The molecule has 0 saturated carbocycles. The lowest BCUT2D eigenvalue weighted by atomic mass is 10.2. The Labute approximate surface area is 101 Å². The first-order valence-corrected chi connectivity index (χ1v) is 5.80. The molecule has 17 heavy (non-hydrogen) atoms. The molecule has 94 valence electrons. The summed E-state index contributed by atoms with van der Waals surface area (Å²) in [4.78, 5) is 20.5. The largest absolute Gasteiger partial charge is 0.345 e. The van der Waals surface area contributed by atoms with Crippen LogP contribution in [0, 0.1) is 0 Å². The van der Waals surface area contributed by atoms with Gasteiger partial charge < -0.3 is 20.1 Å². The maximum atomic E-state index is 12.0. The first kappa shape index (κ1) is 12.1. The quantitative estimate of drug-likeness (QED) is 0.704. The van der Waals surface area contributed by atoms with Crippen molar-refractivity contribution in [1.82, 2.24) is 14.5 Å². The molecule has 0 bridgehead atoms. The van der Waals surface area contributed by atoms with E-state index in [-0.39, 0.29) is 11.6 Å². The van der Waals surface area contributed by atoms with E-state index in [1.807, 2.05) is 4.90 Å². The predicted molar refractivity (Wildman–Crippen MR) is 67.2 cm³/mol. The van der Waals surface area contributed by atoms with Crippen LogP contribution in [0.15, 0.2) is 17.2 Å². The highest BCUT2D eigenvalue weighted by Crippen LogP contribution is 2.13. The fourth-order valence-corrected chi connectivity index (χ4v) is 2.17. The molecule has 1 unspecified atom stereocenters. The highest BCUT2D eigenvalue weighted by atomic mass is 16.1. The summed E-state index contributed by atoms with van der Waals surface area (Å²) >= 11 is 0. The van der Waals surface area contributed by atoms with Crippen LogP contribution in [0.3, 0.4) is 0 Å². The third kappa shape index (κ3) is 2.32. The molecule has 1 atom stereocenters. The van der Waals surface area contributed by atoms with Gasteiger partial charge in [0.05, 0.1) is 6.04 Å². The maximum Gasteiger partial charge on any atom is 0.293 e. The number of hydrogen-bond donors (Lipinski definition) is 1. The molecular weight excluding hydrogens is 218 g/mol. The van der Waals surface area contributed by atoms with E-state index in [0.29, 0.717) is 12.4 Å². The minimum absolute atomic E-state index is 0.0597. The van der Waals surface area contributed by atoms with Crippen molar-refractivity contribution in [2.24, 2.45) is 12.8 Å². The Balaban J connectivity index is 2.32. The maximum absolute atomic E-state index is 12.0. The van der Waals surface area contributed by atoms with Gasteiger partial charge in [-0.25, -0.2) is 4.98 Å². The zero-order valence-electron chi connectivity index (χ0n) is 10.3. The van der Waals surface area contributed by atoms with Gasteiger partial charge in [-0.3, -0.25) is 4.79 Å². The summed E-state index contributed by atoms with van der Waals surface area (Å²) < 4.78 is 1.55. The molecule has 1 saturated heterocycles. The Morgan fingerprint density at radius 3 is 2.94 bits per heavy atom. The van der Waals surface area contributed by atoms with E-state index in [2.05, 4.69) is 16.9 Å². The molecule has 0 spiro atoms. The monoisotopic (exact) mass is 237 g/mol. The number of hydrogen-bond acceptors (Lipinski definition) is 5. The van der Waals surface area contributed by atoms with Gasteiger partial charge >= 0.3 is 0 Å². The summed E-state index contributed by atoms with van der Waals surface area (Å²) in [7, 11) is 3.80. The van der Waals surface area contributed by atoms with Gasteiger partial charge in [0.2, 0.25) is 0 Å². The Kier molecular flexibility index (Phi) is 3.44. The summed E-state index contributed by atoms with van der Waals surface area (Å²) in [6, 6.07) is 0.163. The van der Waals surface area contributed by atoms with Crippen molar-refractivity contribution in [3.63, 3.8) is 0 Å². The van der Waals surface area contributed by atoms with Gasteiger partial charge in [0.15, 0.2) is 5.82 Å². The second-order valence-electron chi connectivity index (χ2n) is 4.51. The lowest BCUT2D eigenvalue weighted by molar-refractivity contribution is 0.268. The van der Waals surface area contributed by atoms with Crippen LogP contribution in [0.2, 0.25) is 0 Å². The molecule has 6 heteroatoms. The second-order valence-corrected chi connectivity index (χ2v) is 4.51. The van der Waals surface area contributed by atoms with Crippen LogP contribution in [0.4, 0.5) is 5.82 Å². The van der Waals surface area contributed by atoms with Crippen molar-refractivity contribution in [3.8, 4) is 0 Å². The summed E-state index contributed by atoms with van der Waals surface area (Å²) in [5.41, 5.74) is 5.72. The minimum atomic E-state index is -0.0597. The number of nitrogens with zero attached hydrogens (tertiary/aromatic N) is 4. The van der Waals surface area contributed by atoms with E-state index < -0.39 is 0 Å². The molecular formula is C11H19N5O. The van der Waals surface area contributed by atoms with Crippen LogP contribution in [-0.4, -0.2) is 53.7 Å². The third-order valence-corrected chi connectivity index (χ3v) is 3.23. The smallest absolute Gasteiger partial charge is 0.293 e. The van der Waals surface area contributed by atoms with Crippen LogP contribution in [0.1, 0.15) is 0 Å². The van der Waals surface area contributed by atoms with Crippen LogP contribution in [-0.2, 0) is 7.05 Å². The summed E-state index contributed by atoms with van der Waals surface area (Å²) in [5.74, 6) is 0.513. The molecule has 6 nitrogen and oxygen atoms in total. The minimum Gasteiger partial charge on any atom is -0.345 e. The number of rotatable bonds is 2. The summed E-state index contributed by atoms with van der Waals surface area (Å²) in [6.45, 7) is 3.13. The summed E-state index contributed by atoms with van der Waals surface area (Å²) in [5, 5.41) is 0. The van der Waals surface area contributed by atoms with Crippen molar-refractivity contribution in [1.29, 1.82) is 0 Å². The highest BCUT2D eigenvalue weighted by Gasteiger charge is 2.26. The van der Waals surface area contributed by atoms with Gasteiger partial charge in [0.1, 0.15) is 0 Å². The van der Waals surface area contributed by atoms with Gasteiger partial charge in [-0.1, -0.05) is 0 Å². The van der Waals surface area contributed by atoms with Crippen molar-refractivity contribution in [2.45, 2.75) is 6.04 Å². The Morgan fingerprint density at radius 1 is 1.47 bits per heavy atom. The fourth-order valence-electron chi connectivity index (χ4n) is 2.17. The van der Waals surface area contributed by atoms with Gasteiger partial charge in [-0.15, -0.1) is 0 Å². The van der Waals surface area contributed by atoms with E-state index in [1.165, 1.54) is 0 Å². The van der Waals surface area contributed by atoms with E-state index in [4.69, 9.17) is 5.73 Å². The van der Waals surface area contributed by atoms with Gasteiger partial charge in [0.25, 0.3) is 5.56 Å². The molecule has 2 heterocycles.